The minimum absolute atomic E-state index is 0.0348. The number of phenolic OH excluding ortho intramolecular Hbond substituents is 2. The van der Waals surface area contributed by atoms with Crippen molar-refractivity contribution in [2.45, 2.75) is 276 Å². The van der Waals surface area contributed by atoms with E-state index in [0.717, 1.165) is 12.8 Å². The molecule has 1 aromatic rings. The summed E-state index contributed by atoms with van der Waals surface area (Å²) in [6.45, 7) is 20.2. The molecule has 0 spiro atoms. The van der Waals surface area contributed by atoms with Gasteiger partial charge in [-0.25, -0.2) is 4.18 Å². The molecule has 3 saturated heterocycles. The van der Waals surface area contributed by atoms with Gasteiger partial charge >= 0.3 is 22.3 Å². The van der Waals surface area contributed by atoms with Crippen LogP contribution < -0.4 is 0 Å². The van der Waals surface area contributed by atoms with E-state index in [1.807, 2.05) is 25.9 Å². The number of aliphatic hydroxyl groups is 6. The predicted molar refractivity (Wildman–Crippen MR) is 345 cm³/mol. The highest BCUT2D eigenvalue weighted by atomic mass is 32.3. The monoisotopic (exact) mass is 1360 g/mol. The number of rotatable bonds is 21. The van der Waals surface area contributed by atoms with E-state index in [-0.39, 0.29) is 74.7 Å². The number of phenols is 2. The number of methoxy groups -OCH3 is 1. The number of esters is 2. The molecule has 9 N–H and O–H groups in total. The van der Waals surface area contributed by atoms with Crippen LogP contribution in [0.15, 0.2) is 41.4 Å². The van der Waals surface area contributed by atoms with E-state index in [0.29, 0.717) is 35.1 Å². The Morgan fingerprint density at radius 1 is 0.777 bits per heavy atom. The lowest BCUT2D eigenvalue weighted by molar-refractivity contribution is -0.319. The number of carbonyl (C=O) groups excluding carboxylic acids is 4. The van der Waals surface area contributed by atoms with Crippen LogP contribution in [0.5, 0.6) is 11.5 Å². The summed E-state index contributed by atoms with van der Waals surface area (Å²) in [5.41, 5.74) is -4.12. The number of ether oxygens (including phenoxy) is 8. The molecule has 1 aromatic carbocycles. The first kappa shape index (κ1) is 80.0. The quantitative estimate of drug-likeness (QED) is 0.0248. The van der Waals surface area contributed by atoms with Crippen LogP contribution >= 0.6 is 0 Å². The van der Waals surface area contributed by atoms with Gasteiger partial charge in [-0.2, -0.15) is 8.42 Å². The molecule has 0 amide bonds. The summed E-state index contributed by atoms with van der Waals surface area (Å²) in [7, 11) is 0.973. The van der Waals surface area contributed by atoms with Crippen LogP contribution in [0.2, 0.25) is 0 Å². The summed E-state index contributed by atoms with van der Waals surface area (Å²) in [4.78, 5) is 54.4. The number of unbranched alkanes of at least 4 members (excludes halogenated alkanes) is 9. The number of fused-ring (bicyclic) bond motifs is 4. The molecular formula is C68H109NO24S. The Kier molecular flexibility index (Phi) is 29.1. The molecule has 3 fully saturated rings. The molecule has 0 aromatic heterocycles. The van der Waals surface area contributed by atoms with Crippen LogP contribution in [0.25, 0.3) is 5.57 Å². The number of carbonyl (C=O) groups is 4. The molecule has 19 atom stereocenters. The number of Topliss-reactive ketones (excluding diaryl/α,β-unsaturated/α-hetero) is 1. The topological polar surface area (TPSA) is 371 Å². The molecule has 19 unspecified atom stereocenters. The Morgan fingerprint density at radius 2 is 1.38 bits per heavy atom. The lowest BCUT2D eigenvalue weighted by Gasteiger charge is -2.49. The molecule has 94 heavy (non-hydrogen) atoms. The Hall–Kier alpha value is -4.65. The van der Waals surface area contributed by atoms with Crippen molar-refractivity contribution in [1.29, 1.82) is 0 Å². The summed E-state index contributed by atoms with van der Waals surface area (Å²) in [5, 5.41) is 86.6. The van der Waals surface area contributed by atoms with E-state index in [9.17, 15) is 68.4 Å². The first-order valence-corrected chi connectivity index (χ1v) is 34.7. The van der Waals surface area contributed by atoms with Gasteiger partial charge in [-0.3, -0.25) is 23.7 Å². The van der Waals surface area contributed by atoms with Crippen LogP contribution in [-0.4, -0.2) is 207 Å². The van der Waals surface area contributed by atoms with Crippen LogP contribution in [0.1, 0.15) is 191 Å². The van der Waals surface area contributed by atoms with Gasteiger partial charge in [0.2, 0.25) is 11.5 Å². The number of aromatic hydroxyl groups is 2. The maximum atomic E-state index is 14.2. The molecule has 0 bridgehead atoms. The van der Waals surface area contributed by atoms with Gasteiger partial charge in [0.1, 0.15) is 35.8 Å². The Bertz CT molecular complexity index is 2930. The van der Waals surface area contributed by atoms with Gasteiger partial charge in [0.05, 0.1) is 60.3 Å². The molecule has 0 radical (unpaired) electrons. The third kappa shape index (κ3) is 20.0. The molecular weight excluding hydrogens is 1250 g/mol. The Balaban J connectivity index is 0.000000329. The average molecular weight is 1360 g/mol. The average Bonchev–Trinajstić information content (AvgIpc) is 1.55. The highest BCUT2D eigenvalue weighted by Gasteiger charge is 2.55. The van der Waals surface area contributed by atoms with Gasteiger partial charge in [0.25, 0.3) is 0 Å². The van der Waals surface area contributed by atoms with Crippen molar-refractivity contribution in [2.24, 2.45) is 23.7 Å². The molecule has 536 valence electrons. The smallest absolute Gasteiger partial charge is 0.397 e. The van der Waals surface area contributed by atoms with Gasteiger partial charge in [-0.1, -0.05) is 99.3 Å². The van der Waals surface area contributed by atoms with Gasteiger partial charge < -0.3 is 83.6 Å². The van der Waals surface area contributed by atoms with Crippen LogP contribution in [-0.2, 0) is 78.1 Å². The number of cyclic esters (lactones) is 1. The third-order valence-corrected chi connectivity index (χ3v) is 19.8. The van der Waals surface area contributed by atoms with E-state index in [1.165, 1.54) is 97.1 Å². The van der Waals surface area contributed by atoms with Crippen molar-refractivity contribution < 1.29 is 115 Å². The van der Waals surface area contributed by atoms with Gasteiger partial charge in [0, 0.05) is 55.3 Å². The molecule has 0 saturated carbocycles. The zero-order valence-corrected chi connectivity index (χ0v) is 58.5. The maximum Gasteiger partial charge on any atom is 0.397 e. The molecule has 25 nitrogen and oxygen atoms in total. The molecule has 26 heteroatoms. The second-order valence-corrected chi connectivity index (χ2v) is 28.5. The van der Waals surface area contributed by atoms with Crippen molar-refractivity contribution in [2.75, 3.05) is 34.4 Å². The number of aliphatic hydroxyl groups excluding tert-OH is 3. The van der Waals surface area contributed by atoms with E-state index in [2.05, 4.69) is 11.1 Å². The summed E-state index contributed by atoms with van der Waals surface area (Å²) in [5.74, 6) is -7.17. The fourth-order valence-electron chi connectivity index (χ4n) is 13.8. The Labute approximate surface area is 555 Å². The molecule has 2 aliphatic carbocycles. The number of likely N-dealkylation sites (N-methyl/N-ethyl adjacent to an activating group) is 1. The molecule has 6 aliphatic rings. The maximum absolute atomic E-state index is 14.2. The lowest BCUT2D eigenvalue weighted by Crippen LogP contribution is -2.61. The Morgan fingerprint density at radius 3 is 1.96 bits per heavy atom. The van der Waals surface area contributed by atoms with E-state index in [4.69, 9.17) is 42.4 Å². The zero-order valence-electron chi connectivity index (χ0n) is 57.7. The van der Waals surface area contributed by atoms with Crippen molar-refractivity contribution in [1.82, 2.24) is 4.90 Å². The SMILES string of the molecule is CCC(=O)OC1C(OC2C(C)C(OC3CC(C)(OC)C(O)C(C)O3)C(C)C(=O)OC(CC)C(C)(O)C(O)C(C)C(=O)C(C)CC2(C)O)OC(C)CC1N(C)C.CCCCCCCCCCCCOS(=O)(=O)O.O=C1C=CC2=C3c4cc(O)c(O)cc4CC3(O)COC2=C1O. The van der Waals surface area contributed by atoms with Crippen molar-refractivity contribution in [3.05, 3.63) is 52.5 Å². The number of hydrogen-bond acceptors (Lipinski definition) is 24. The number of hydrogen-bond donors (Lipinski definition) is 9. The summed E-state index contributed by atoms with van der Waals surface area (Å²) in [6.07, 6.45) is 5.07. The van der Waals surface area contributed by atoms with Gasteiger partial charge in [-0.15, -0.1) is 0 Å². The standard InChI is InChI=1S/C40H71NO14.C16H12O6.C12H26O4S/c1-15-27-40(11,48)33(44)22(5)30(43)20(3)18-38(9,47)35(55-37-32(53-28(42)16-2)26(41(12)13)17-21(4)50-37)23(6)31(24(7)36(46)52-27)54-29-19-39(10,49-14)34(45)25(8)51-29;17-10-2-1-8-13-9-4-12(19)11(18)3-7(9)5-16(13,21)6-22-15(8)14(10)20;1-2-3-4-5-6-7-8-9-10-11-12-16-17(13,14)15/h20-27,29,31-35,37,44-45,47-48H,15-19H2,1-14H3;1-4,18-21H,5-6H2;2-12H2,1H3,(H,13,14,15). The normalized spacial score (nSPS) is 35.6. The summed E-state index contributed by atoms with van der Waals surface area (Å²) in [6, 6.07) is 2.45. The molecule has 4 heterocycles. The van der Waals surface area contributed by atoms with Gasteiger partial charge in [0.15, 0.2) is 35.9 Å². The van der Waals surface area contributed by atoms with Crippen molar-refractivity contribution in [3.63, 3.8) is 0 Å². The number of allylic oxidation sites excluding steroid dienone is 2. The van der Waals surface area contributed by atoms with E-state index in [1.54, 1.807) is 48.5 Å². The van der Waals surface area contributed by atoms with Gasteiger partial charge in [-0.05, 0) is 117 Å². The predicted octanol–water partition coefficient (Wildman–Crippen LogP) is 7.55. The van der Waals surface area contributed by atoms with E-state index >= 15 is 0 Å². The number of ketones is 2. The minimum atomic E-state index is -4.23. The highest BCUT2D eigenvalue weighted by Crippen LogP contribution is 2.51. The summed E-state index contributed by atoms with van der Waals surface area (Å²) >= 11 is 0. The fourth-order valence-corrected chi connectivity index (χ4v) is 14.1. The lowest BCUT2D eigenvalue weighted by atomic mass is 9.74. The number of nitrogens with zero attached hydrogens (tertiary/aromatic N) is 1. The minimum Gasteiger partial charge on any atom is -0.504 e. The van der Waals surface area contributed by atoms with Crippen LogP contribution in [0.3, 0.4) is 0 Å². The van der Waals surface area contributed by atoms with E-state index < -0.39 is 141 Å². The van der Waals surface area contributed by atoms with Crippen molar-refractivity contribution in [3.8, 4) is 11.5 Å². The van der Waals surface area contributed by atoms with Crippen LogP contribution in [0, 0.1) is 23.7 Å². The van der Waals surface area contributed by atoms with Crippen LogP contribution in [0.4, 0.5) is 0 Å². The molecule has 7 rings (SSSR count). The summed E-state index contributed by atoms with van der Waals surface area (Å²) < 4.78 is 82.0. The van der Waals surface area contributed by atoms with Crippen molar-refractivity contribution >= 4 is 39.5 Å². The first-order chi connectivity index (χ1) is 43.8. The zero-order chi connectivity index (χ0) is 70.6. The highest BCUT2D eigenvalue weighted by molar-refractivity contribution is 7.80. The second-order valence-electron chi connectivity index (χ2n) is 27.4. The second kappa shape index (κ2) is 34.2. The fraction of sp³-hybridized carbons (Fsp3) is 0.765. The first-order valence-electron chi connectivity index (χ1n) is 33.3. The third-order valence-electron chi connectivity index (χ3n) is 19.3. The number of benzene rings is 1. The largest absolute Gasteiger partial charge is 0.504 e. The molecule has 4 aliphatic heterocycles.